The van der Waals surface area contributed by atoms with Crippen LogP contribution in [0.5, 0.6) is 0 Å². The summed E-state index contributed by atoms with van der Waals surface area (Å²) in [5.74, 6) is 0. The molecule has 1 fully saturated rings. The van der Waals surface area contributed by atoms with Gasteiger partial charge >= 0.3 is 6.09 Å². The fourth-order valence-corrected chi connectivity index (χ4v) is 1.84. The summed E-state index contributed by atoms with van der Waals surface area (Å²) in [4.78, 5) is 11.5. The van der Waals surface area contributed by atoms with Crippen LogP contribution in [0.4, 0.5) is 4.79 Å². The number of aromatic nitrogens is 1. The molecule has 1 aromatic rings. The fraction of sp³-hybridized carbons (Fsp3) is 0.545. The molecule has 1 heterocycles. The average molecular weight is 193 g/mol. The van der Waals surface area contributed by atoms with Crippen molar-refractivity contribution in [3.8, 4) is 0 Å². The van der Waals surface area contributed by atoms with E-state index >= 15 is 0 Å². The molecule has 76 valence electrons. The first kappa shape index (κ1) is 9.31. The largest absolute Gasteiger partial charge is 0.446 e. The summed E-state index contributed by atoms with van der Waals surface area (Å²) >= 11 is 0. The van der Waals surface area contributed by atoms with E-state index in [1.165, 1.54) is 23.8 Å². The molecular formula is C11H15NO2. The third-order valence-electron chi connectivity index (χ3n) is 2.63. The minimum Gasteiger partial charge on any atom is -0.446 e. The van der Waals surface area contributed by atoms with Crippen molar-refractivity contribution in [3.63, 3.8) is 0 Å². The van der Waals surface area contributed by atoms with Crippen LogP contribution < -0.4 is 0 Å². The molecule has 0 aliphatic heterocycles. The Morgan fingerprint density at radius 1 is 1.14 bits per heavy atom. The van der Waals surface area contributed by atoms with Crippen LogP contribution in [0.25, 0.3) is 0 Å². The van der Waals surface area contributed by atoms with Crippen LogP contribution in [0.3, 0.4) is 0 Å². The average Bonchev–Trinajstić information content (AvgIpc) is 2.72. The third-order valence-corrected chi connectivity index (χ3v) is 2.63. The van der Waals surface area contributed by atoms with Crippen LogP contribution in [0.1, 0.15) is 32.1 Å². The van der Waals surface area contributed by atoms with Gasteiger partial charge in [-0.1, -0.05) is 6.42 Å². The van der Waals surface area contributed by atoms with E-state index in [9.17, 15) is 4.79 Å². The van der Waals surface area contributed by atoms with Crippen LogP contribution in [0.2, 0.25) is 0 Å². The summed E-state index contributed by atoms with van der Waals surface area (Å²) < 4.78 is 6.84. The quantitative estimate of drug-likeness (QED) is 0.686. The van der Waals surface area contributed by atoms with Crippen molar-refractivity contribution >= 4 is 6.09 Å². The second-order valence-electron chi connectivity index (χ2n) is 3.73. The maximum Gasteiger partial charge on any atom is 0.418 e. The molecule has 14 heavy (non-hydrogen) atoms. The Balaban J connectivity index is 1.87. The standard InChI is InChI=1S/C11H15NO2/c13-11(12-8-4-5-9-12)14-10-6-2-1-3-7-10/h4-5,8-10H,1-3,6-7H2. The van der Waals surface area contributed by atoms with Crippen LogP contribution in [0, 0.1) is 0 Å². The highest BCUT2D eigenvalue weighted by Crippen LogP contribution is 2.20. The molecule has 0 spiro atoms. The van der Waals surface area contributed by atoms with Crippen molar-refractivity contribution in [1.29, 1.82) is 0 Å². The van der Waals surface area contributed by atoms with E-state index in [0.717, 1.165) is 12.8 Å². The van der Waals surface area contributed by atoms with Crippen molar-refractivity contribution in [2.75, 3.05) is 0 Å². The van der Waals surface area contributed by atoms with E-state index in [1.54, 1.807) is 12.4 Å². The van der Waals surface area contributed by atoms with Gasteiger partial charge in [-0.3, -0.25) is 4.57 Å². The zero-order chi connectivity index (χ0) is 9.80. The summed E-state index contributed by atoms with van der Waals surface area (Å²) in [7, 11) is 0. The molecule has 0 atom stereocenters. The van der Waals surface area contributed by atoms with Gasteiger partial charge in [0.2, 0.25) is 0 Å². The molecule has 1 aromatic heterocycles. The van der Waals surface area contributed by atoms with Crippen molar-refractivity contribution in [1.82, 2.24) is 4.57 Å². The van der Waals surface area contributed by atoms with Gasteiger partial charge < -0.3 is 4.74 Å². The first-order valence-electron chi connectivity index (χ1n) is 5.20. The minimum atomic E-state index is -0.248. The highest BCUT2D eigenvalue weighted by molar-refractivity contribution is 5.70. The van der Waals surface area contributed by atoms with Crippen LogP contribution in [-0.2, 0) is 4.74 Å². The molecule has 0 unspecified atom stereocenters. The Bertz CT molecular complexity index is 286. The lowest BCUT2D eigenvalue weighted by atomic mass is 9.98. The van der Waals surface area contributed by atoms with Gasteiger partial charge in [0.15, 0.2) is 0 Å². The third kappa shape index (κ3) is 2.16. The Morgan fingerprint density at radius 3 is 2.43 bits per heavy atom. The van der Waals surface area contributed by atoms with Gasteiger partial charge in [-0.2, -0.15) is 0 Å². The maximum absolute atomic E-state index is 11.5. The van der Waals surface area contributed by atoms with E-state index < -0.39 is 0 Å². The maximum atomic E-state index is 11.5. The normalized spacial score (nSPS) is 18.0. The van der Waals surface area contributed by atoms with E-state index in [0.29, 0.717) is 0 Å². The Kier molecular flexibility index (Phi) is 2.87. The van der Waals surface area contributed by atoms with E-state index in [4.69, 9.17) is 4.74 Å². The Morgan fingerprint density at radius 2 is 1.79 bits per heavy atom. The number of ether oxygens (including phenoxy) is 1. The second kappa shape index (κ2) is 4.31. The molecule has 0 saturated heterocycles. The summed E-state index contributed by atoms with van der Waals surface area (Å²) in [6.07, 6.45) is 9.00. The van der Waals surface area contributed by atoms with Gasteiger partial charge in [-0.15, -0.1) is 0 Å². The Hall–Kier alpha value is -1.25. The second-order valence-corrected chi connectivity index (χ2v) is 3.73. The van der Waals surface area contributed by atoms with Gasteiger partial charge in [-0.05, 0) is 37.8 Å². The number of carbonyl (C=O) groups excluding carboxylic acids is 1. The molecule has 1 aliphatic carbocycles. The molecular weight excluding hydrogens is 178 g/mol. The van der Waals surface area contributed by atoms with Crippen molar-refractivity contribution in [2.45, 2.75) is 38.2 Å². The Labute approximate surface area is 83.7 Å². The first-order chi connectivity index (χ1) is 6.86. The highest BCUT2D eigenvalue weighted by atomic mass is 16.6. The number of nitrogens with zero attached hydrogens (tertiary/aromatic N) is 1. The fourth-order valence-electron chi connectivity index (χ4n) is 1.84. The zero-order valence-corrected chi connectivity index (χ0v) is 8.19. The van der Waals surface area contributed by atoms with Crippen LogP contribution >= 0.6 is 0 Å². The number of rotatable bonds is 1. The molecule has 1 aliphatic rings. The summed E-state index contributed by atoms with van der Waals surface area (Å²) in [5.41, 5.74) is 0. The van der Waals surface area contributed by atoms with Crippen molar-refractivity contribution in [3.05, 3.63) is 24.5 Å². The summed E-state index contributed by atoms with van der Waals surface area (Å²) in [5, 5.41) is 0. The van der Waals surface area contributed by atoms with Gasteiger partial charge in [0.05, 0.1) is 0 Å². The van der Waals surface area contributed by atoms with Gasteiger partial charge in [0, 0.05) is 12.4 Å². The molecule has 0 radical (unpaired) electrons. The van der Waals surface area contributed by atoms with Crippen LogP contribution in [-0.4, -0.2) is 16.8 Å². The predicted molar refractivity (Wildman–Crippen MR) is 53.2 cm³/mol. The molecule has 0 N–H and O–H groups in total. The van der Waals surface area contributed by atoms with Crippen molar-refractivity contribution in [2.24, 2.45) is 0 Å². The molecule has 0 amide bonds. The topological polar surface area (TPSA) is 31.2 Å². The van der Waals surface area contributed by atoms with E-state index in [1.807, 2.05) is 12.1 Å². The molecule has 3 nitrogen and oxygen atoms in total. The van der Waals surface area contributed by atoms with E-state index in [2.05, 4.69) is 0 Å². The molecule has 0 aromatic carbocycles. The number of hydrogen-bond donors (Lipinski definition) is 0. The minimum absolute atomic E-state index is 0.138. The molecule has 3 heteroatoms. The predicted octanol–water partition coefficient (Wildman–Crippen LogP) is 2.81. The smallest absolute Gasteiger partial charge is 0.418 e. The highest BCUT2D eigenvalue weighted by Gasteiger charge is 2.17. The lowest BCUT2D eigenvalue weighted by molar-refractivity contribution is 0.0765. The van der Waals surface area contributed by atoms with Gasteiger partial charge in [-0.25, -0.2) is 4.79 Å². The lowest BCUT2D eigenvalue weighted by Gasteiger charge is -2.21. The van der Waals surface area contributed by atoms with Crippen molar-refractivity contribution < 1.29 is 9.53 Å². The number of carbonyl (C=O) groups is 1. The molecule has 1 saturated carbocycles. The van der Waals surface area contributed by atoms with Gasteiger partial charge in [0.1, 0.15) is 6.10 Å². The summed E-state index contributed by atoms with van der Waals surface area (Å²) in [6.45, 7) is 0. The van der Waals surface area contributed by atoms with E-state index in [-0.39, 0.29) is 12.2 Å². The van der Waals surface area contributed by atoms with Crippen LogP contribution in [0.15, 0.2) is 24.5 Å². The SMILES string of the molecule is O=C(OC1CCCCC1)n1cccc1. The lowest BCUT2D eigenvalue weighted by Crippen LogP contribution is -2.23. The summed E-state index contributed by atoms with van der Waals surface area (Å²) in [6, 6.07) is 3.64. The molecule has 2 rings (SSSR count). The molecule has 0 bridgehead atoms. The zero-order valence-electron chi connectivity index (χ0n) is 8.19. The first-order valence-corrected chi connectivity index (χ1v) is 5.20. The number of hydrogen-bond acceptors (Lipinski definition) is 2. The monoisotopic (exact) mass is 193 g/mol. The van der Waals surface area contributed by atoms with Gasteiger partial charge in [0.25, 0.3) is 0 Å².